The Balaban J connectivity index is 0.000000804. The molecule has 3 aromatic rings. The van der Waals surface area contributed by atoms with Gasteiger partial charge in [-0.2, -0.15) is 22.5 Å². The van der Waals surface area contributed by atoms with Gasteiger partial charge in [0.05, 0.1) is 32.2 Å². The highest BCUT2D eigenvalue weighted by Gasteiger charge is 2.41. The molecule has 0 radical (unpaired) electrons. The van der Waals surface area contributed by atoms with Crippen LogP contribution in [0.4, 0.5) is 23.7 Å². The van der Waals surface area contributed by atoms with Gasteiger partial charge in [0.25, 0.3) is 5.91 Å². The second kappa shape index (κ2) is 16.2. The van der Waals surface area contributed by atoms with Crippen molar-refractivity contribution in [3.05, 3.63) is 94.5 Å². The SMILES string of the molecule is CCOC(=O)c1ccc(NC(=O)/[N+](=C2/CC[N+](C)(Cc3ccc(Cl)cc3)C2)[C@@H](Cc2ccc(O)cc2)C(N)=O)cc1.O=C(O)C(F)(F)F. The summed E-state index contributed by atoms with van der Waals surface area (Å²) in [6.45, 7) is 4.02. The molecule has 256 valence electrons. The quantitative estimate of drug-likeness (QED) is 0.140. The van der Waals surface area contributed by atoms with E-state index in [9.17, 15) is 32.7 Å². The predicted molar refractivity (Wildman–Crippen MR) is 171 cm³/mol. The van der Waals surface area contributed by atoms with E-state index in [-0.39, 0.29) is 18.8 Å². The molecule has 15 heteroatoms. The van der Waals surface area contributed by atoms with Gasteiger partial charge in [-0.3, -0.25) is 4.79 Å². The van der Waals surface area contributed by atoms with Crippen LogP contribution in [0.5, 0.6) is 5.75 Å². The van der Waals surface area contributed by atoms with E-state index in [1.165, 1.54) is 16.7 Å². The number of quaternary nitrogens is 1. The maximum absolute atomic E-state index is 13.9. The Hall–Kier alpha value is -4.95. The lowest BCUT2D eigenvalue weighted by molar-refractivity contribution is -0.907. The molecule has 0 bridgehead atoms. The molecular formula is C33H36ClF3N4O7+2. The third-order valence-electron chi connectivity index (χ3n) is 7.44. The lowest BCUT2D eigenvalue weighted by atomic mass is 10.0. The van der Waals surface area contributed by atoms with Crippen LogP contribution in [0.25, 0.3) is 0 Å². The summed E-state index contributed by atoms with van der Waals surface area (Å²) in [4.78, 5) is 47.6. The summed E-state index contributed by atoms with van der Waals surface area (Å²) in [5.41, 5.74) is 9.39. The van der Waals surface area contributed by atoms with E-state index in [2.05, 4.69) is 12.4 Å². The van der Waals surface area contributed by atoms with Crippen LogP contribution in [0, 0.1) is 0 Å². The number of amides is 3. The summed E-state index contributed by atoms with van der Waals surface area (Å²) in [5.74, 6) is -3.75. The number of aromatic hydroxyl groups is 1. The first-order valence-electron chi connectivity index (χ1n) is 14.7. The van der Waals surface area contributed by atoms with Crippen molar-refractivity contribution < 1.29 is 56.4 Å². The molecule has 0 aliphatic carbocycles. The number of nitrogens with two attached hydrogens (primary N) is 1. The van der Waals surface area contributed by atoms with E-state index in [4.69, 9.17) is 32.0 Å². The highest BCUT2D eigenvalue weighted by molar-refractivity contribution is 6.30. The molecule has 0 aromatic heterocycles. The minimum atomic E-state index is -5.08. The zero-order valence-corrected chi connectivity index (χ0v) is 26.9. The fourth-order valence-electron chi connectivity index (χ4n) is 5.13. The van der Waals surface area contributed by atoms with Gasteiger partial charge in [-0.15, -0.1) is 0 Å². The average molecular weight is 693 g/mol. The van der Waals surface area contributed by atoms with Crippen LogP contribution in [-0.4, -0.2) is 87.8 Å². The molecule has 11 nitrogen and oxygen atoms in total. The van der Waals surface area contributed by atoms with Crippen molar-refractivity contribution in [2.75, 3.05) is 32.1 Å². The van der Waals surface area contributed by atoms with Crippen LogP contribution < -0.4 is 11.1 Å². The van der Waals surface area contributed by atoms with Gasteiger partial charge >= 0.3 is 24.1 Å². The number of benzene rings is 3. The van der Waals surface area contributed by atoms with E-state index in [1.807, 2.05) is 24.3 Å². The summed E-state index contributed by atoms with van der Waals surface area (Å²) in [7, 11) is 2.12. The van der Waals surface area contributed by atoms with E-state index < -0.39 is 36.1 Å². The number of hydrogen-bond donors (Lipinski definition) is 4. The number of nitrogens with one attached hydrogen (secondary N) is 1. The molecular weight excluding hydrogens is 657 g/mol. The zero-order valence-electron chi connectivity index (χ0n) is 26.2. The number of primary amides is 1. The molecule has 0 saturated carbocycles. The van der Waals surface area contributed by atoms with Crippen molar-refractivity contribution >= 4 is 46.9 Å². The Kier molecular flexibility index (Phi) is 12.7. The van der Waals surface area contributed by atoms with Gasteiger partial charge in [0, 0.05) is 17.0 Å². The minimum absolute atomic E-state index is 0.102. The number of halogens is 4. The maximum atomic E-state index is 13.9. The summed E-state index contributed by atoms with van der Waals surface area (Å²) in [6.07, 6.45) is -4.31. The number of carbonyl (C=O) groups excluding carboxylic acids is 3. The monoisotopic (exact) mass is 692 g/mol. The number of carbonyl (C=O) groups is 4. The first-order valence-corrected chi connectivity index (χ1v) is 15.1. The number of alkyl halides is 3. The number of hydrogen-bond acceptors (Lipinski definition) is 6. The molecule has 0 spiro atoms. The topological polar surface area (TPSA) is 159 Å². The summed E-state index contributed by atoms with van der Waals surface area (Å²) in [5, 5.41) is 20.4. The molecule has 1 aliphatic heterocycles. The smallest absolute Gasteiger partial charge is 0.496 e. The van der Waals surface area contributed by atoms with Gasteiger partial charge in [0.1, 0.15) is 30.2 Å². The van der Waals surface area contributed by atoms with E-state index in [0.29, 0.717) is 33.7 Å². The lowest BCUT2D eigenvalue weighted by Crippen LogP contribution is -2.49. The molecule has 1 heterocycles. The number of esters is 1. The molecule has 1 fully saturated rings. The van der Waals surface area contributed by atoms with Crippen molar-refractivity contribution in [1.82, 2.24) is 0 Å². The number of aliphatic carboxylic acids is 1. The molecule has 5 N–H and O–H groups in total. The van der Waals surface area contributed by atoms with Crippen molar-refractivity contribution in [2.24, 2.45) is 5.73 Å². The minimum Gasteiger partial charge on any atom is -0.508 e. The molecule has 2 atom stereocenters. The average Bonchev–Trinajstić information content (AvgIpc) is 3.40. The van der Waals surface area contributed by atoms with Crippen LogP contribution >= 0.6 is 11.6 Å². The van der Waals surface area contributed by atoms with Crippen molar-refractivity contribution in [3.63, 3.8) is 0 Å². The zero-order chi connectivity index (χ0) is 35.6. The molecule has 3 aromatic carbocycles. The van der Waals surface area contributed by atoms with Crippen LogP contribution in [0.2, 0.25) is 5.02 Å². The fourth-order valence-corrected chi connectivity index (χ4v) is 5.25. The maximum Gasteiger partial charge on any atom is 0.496 e. The lowest BCUT2D eigenvalue weighted by Gasteiger charge is -2.28. The third kappa shape index (κ3) is 10.8. The van der Waals surface area contributed by atoms with Crippen molar-refractivity contribution in [3.8, 4) is 5.75 Å². The number of urea groups is 1. The van der Waals surface area contributed by atoms with Gasteiger partial charge in [0.15, 0.2) is 6.04 Å². The van der Waals surface area contributed by atoms with Crippen LogP contribution in [0.3, 0.4) is 0 Å². The normalized spacial score (nSPS) is 17.4. The summed E-state index contributed by atoms with van der Waals surface area (Å²) in [6, 6.07) is 19.1. The molecule has 3 amide bonds. The number of phenols is 1. The Morgan fingerprint density at radius 1 is 1.00 bits per heavy atom. The predicted octanol–water partition coefficient (Wildman–Crippen LogP) is 4.99. The second-order valence-corrected chi connectivity index (χ2v) is 11.7. The first-order chi connectivity index (χ1) is 22.5. The Bertz CT molecular complexity index is 1650. The number of anilines is 1. The highest BCUT2D eigenvalue weighted by Crippen LogP contribution is 2.23. The summed E-state index contributed by atoms with van der Waals surface area (Å²) >= 11 is 6.07. The second-order valence-electron chi connectivity index (χ2n) is 11.3. The molecule has 1 unspecified atom stereocenters. The largest absolute Gasteiger partial charge is 0.508 e. The molecule has 4 rings (SSSR count). The molecule has 48 heavy (non-hydrogen) atoms. The number of carboxylic acids is 1. The van der Waals surface area contributed by atoms with E-state index >= 15 is 0 Å². The number of carboxylic acid groups (broad SMARTS) is 1. The Morgan fingerprint density at radius 2 is 1.56 bits per heavy atom. The van der Waals surface area contributed by atoms with Gasteiger partial charge < -0.3 is 25.2 Å². The van der Waals surface area contributed by atoms with E-state index in [0.717, 1.165) is 29.9 Å². The number of phenolic OH excluding ortho intramolecular Hbond substituents is 1. The van der Waals surface area contributed by atoms with Crippen molar-refractivity contribution in [2.45, 2.75) is 38.5 Å². The van der Waals surface area contributed by atoms with Crippen molar-refractivity contribution in [1.29, 1.82) is 0 Å². The Morgan fingerprint density at radius 3 is 2.08 bits per heavy atom. The van der Waals surface area contributed by atoms with Crippen LogP contribution in [-0.2, 0) is 27.3 Å². The number of likely N-dealkylation sites (tertiary alicyclic amines) is 1. The Labute approximate surface area is 279 Å². The van der Waals surface area contributed by atoms with Gasteiger partial charge in [-0.1, -0.05) is 35.9 Å². The van der Waals surface area contributed by atoms with Gasteiger partial charge in [-0.05, 0) is 61.0 Å². The standard InChI is InChI=1S/C31H33ClN4O5.C2HF3O2/c1-3-41-30(39)23-8-12-25(13-9-23)34-31(40)35(28(29(33)38)18-21-6-14-27(37)15-7-21)26-16-17-36(2,20-26)19-22-4-10-24(32)11-5-22;3-2(4,5)1(6)7/h4-15,28H,3,16-20H2,1-2H3,(H2-2,33,34,37,38,39,40);(H,6,7)/p+2/b35-26-;/t28-,36?;/m0./s1. The van der Waals surface area contributed by atoms with Crippen LogP contribution in [0.15, 0.2) is 72.8 Å². The third-order valence-corrected chi connectivity index (χ3v) is 7.69. The number of rotatable bonds is 9. The van der Waals surface area contributed by atoms with Gasteiger partial charge in [0.2, 0.25) is 0 Å². The van der Waals surface area contributed by atoms with Gasteiger partial charge in [-0.25, -0.2) is 14.9 Å². The number of ether oxygens (including phenoxy) is 1. The highest BCUT2D eigenvalue weighted by atomic mass is 35.5. The number of nitrogens with zero attached hydrogens (tertiary/aromatic N) is 2. The summed E-state index contributed by atoms with van der Waals surface area (Å²) < 4.78 is 38.9. The molecule has 1 aliphatic rings. The van der Waals surface area contributed by atoms with Crippen LogP contribution in [0.1, 0.15) is 34.8 Å². The molecule has 1 saturated heterocycles. The first kappa shape index (κ1) is 37.5. The van der Waals surface area contributed by atoms with E-state index in [1.54, 1.807) is 43.3 Å². The fraction of sp³-hybridized carbons (Fsp3) is 0.303.